The Morgan fingerprint density at radius 2 is 2.09 bits per heavy atom. The molecule has 1 aromatic carbocycles. The summed E-state index contributed by atoms with van der Waals surface area (Å²) in [6.45, 7) is 1.80. The average molecular weight is 315 g/mol. The van der Waals surface area contributed by atoms with E-state index in [1.54, 1.807) is 6.92 Å². The van der Waals surface area contributed by atoms with Gasteiger partial charge in [-0.1, -0.05) is 30.0 Å². The zero-order valence-electron chi connectivity index (χ0n) is 12.3. The number of aryl methyl sites for hydroxylation is 1. The maximum Gasteiger partial charge on any atom is 0.254 e. The van der Waals surface area contributed by atoms with Crippen molar-refractivity contribution in [3.05, 3.63) is 51.9 Å². The van der Waals surface area contributed by atoms with Crippen LogP contribution in [-0.4, -0.2) is 21.1 Å². The number of aromatic amines is 1. The summed E-state index contributed by atoms with van der Waals surface area (Å²) in [6, 6.07) is 9.31. The predicted molar refractivity (Wildman–Crippen MR) is 87.3 cm³/mol. The fraction of sp³-hybridized carbons (Fsp3) is 0.312. The first-order valence-electron chi connectivity index (χ1n) is 7.28. The maximum absolute atomic E-state index is 12.2. The zero-order valence-corrected chi connectivity index (χ0v) is 13.1. The second-order valence-corrected chi connectivity index (χ2v) is 6.59. The summed E-state index contributed by atoms with van der Waals surface area (Å²) in [6.07, 6.45) is 2.62. The normalized spacial score (nSPS) is 14.4. The molecule has 1 aliphatic carbocycles. The van der Waals surface area contributed by atoms with Gasteiger partial charge in [0.1, 0.15) is 0 Å². The molecule has 3 rings (SSSR count). The first kappa shape index (κ1) is 14.8. The van der Waals surface area contributed by atoms with Crippen LogP contribution in [0.4, 0.5) is 5.69 Å². The van der Waals surface area contributed by atoms with Gasteiger partial charge in [-0.3, -0.25) is 9.59 Å². The Morgan fingerprint density at radius 3 is 2.86 bits per heavy atom. The number of anilines is 1. The number of para-hydroxylation sites is 1. The highest BCUT2D eigenvalue weighted by atomic mass is 32.2. The van der Waals surface area contributed by atoms with Crippen molar-refractivity contribution in [3.8, 4) is 0 Å². The number of rotatable bonds is 4. The lowest BCUT2D eigenvalue weighted by molar-refractivity contribution is -0.115. The molecule has 0 aliphatic heterocycles. The van der Waals surface area contributed by atoms with Gasteiger partial charge in [-0.15, -0.1) is 0 Å². The Bertz CT molecular complexity index is 743. The minimum absolute atomic E-state index is 0.0688. The van der Waals surface area contributed by atoms with Crippen LogP contribution >= 0.6 is 11.8 Å². The molecule has 2 N–H and O–H groups in total. The van der Waals surface area contributed by atoms with E-state index in [0.717, 1.165) is 36.2 Å². The molecule has 22 heavy (non-hydrogen) atoms. The fourth-order valence-corrected chi connectivity index (χ4v) is 3.28. The first-order chi connectivity index (χ1) is 10.6. The highest BCUT2D eigenvalue weighted by Gasteiger charge is 2.20. The van der Waals surface area contributed by atoms with Crippen molar-refractivity contribution in [1.82, 2.24) is 9.97 Å². The molecular formula is C16H17N3O2S. The molecule has 1 unspecified atom stereocenters. The summed E-state index contributed by atoms with van der Waals surface area (Å²) in [7, 11) is 0. The van der Waals surface area contributed by atoms with Gasteiger partial charge in [0.15, 0.2) is 5.16 Å². The molecule has 1 heterocycles. The monoisotopic (exact) mass is 315 g/mol. The van der Waals surface area contributed by atoms with Gasteiger partial charge in [0.25, 0.3) is 5.56 Å². The number of H-pyrrole nitrogens is 1. The molecule has 2 aromatic rings. The van der Waals surface area contributed by atoms with E-state index in [2.05, 4.69) is 15.3 Å². The molecule has 0 bridgehead atoms. The van der Waals surface area contributed by atoms with Crippen LogP contribution in [0.25, 0.3) is 0 Å². The molecular weight excluding hydrogens is 298 g/mol. The smallest absolute Gasteiger partial charge is 0.254 e. The fourth-order valence-electron chi connectivity index (χ4n) is 2.46. The number of aromatic nitrogens is 2. The van der Waals surface area contributed by atoms with E-state index in [4.69, 9.17) is 0 Å². The Morgan fingerprint density at radius 1 is 1.32 bits per heavy atom. The highest BCUT2D eigenvalue weighted by Crippen LogP contribution is 2.23. The molecule has 1 amide bonds. The van der Waals surface area contributed by atoms with Crippen LogP contribution in [0.2, 0.25) is 0 Å². The lowest BCUT2D eigenvalue weighted by atomic mass is 10.3. The SMILES string of the molecule is CC(Sc1nc2c(c(=O)[nH]1)CCC2)C(=O)Nc1ccccc1. The summed E-state index contributed by atoms with van der Waals surface area (Å²) in [4.78, 5) is 31.4. The van der Waals surface area contributed by atoms with Gasteiger partial charge in [-0.05, 0) is 38.3 Å². The van der Waals surface area contributed by atoms with Crippen LogP contribution in [-0.2, 0) is 17.6 Å². The topological polar surface area (TPSA) is 74.8 Å². The van der Waals surface area contributed by atoms with E-state index in [0.29, 0.717) is 5.16 Å². The van der Waals surface area contributed by atoms with E-state index >= 15 is 0 Å². The summed E-state index contributed by atoms with van der Waals surface area (Å²) < 4.78 is 0. The van der Waals surface area contributed by atoms with Crippen molar-refractivity contribution in [1.29, 1.82) is 0 Å². The molecule has 6 heteroatoms. The third kappa shape index (κ3) is 3.22. The van der Waals surface area contributed by atoms with Gasteiger partial charge < -0.3 is 10.3 Å². The van der Waals surface area contributed by atoms with Gasteiger partial charge >= 0.3 is 0 Å². The Kier molecular flexibility index (Phi) is 4.29. The predicted octanol–water partition coefficient (Wildman–Crippen LogP) is 2.38. The minimum atomic E-state index is -0.345. The molecule has 1 aromatic heterocycles. The van der Waals surface area contributed by atoms with E-state index in [1.807, 2.05) is 30.3 Å². The highest BCUT2D eigenvalue weighted by molar-refractivity contribution is 8.00. The molecule has 1 atom stereocenters. The van der Waals surface area contributed by atoms with Crippen LogP contribution in [0, 0.1) is 0 Å². The molecule has 0 spiro atoms. The first-order valence-corrected chi connectivity index (χ1v) is 8.16. The molecule has 0 fully saturated rings. The maximum atomic E-state index is 12.2. The number of hydrogen-bond donors (Lipinski definition) is 2. The molecule has 0 radical (unpaired) electrons. The summed E-state index contributed by atoms with van der Waals surface area (Å²) in [5.41, 5.74) is 2.36. The van der Waals surface area contributed by atoms with E-state index in [-0.39, 0.29) is 16.7 Å². The number of carbonyl (C=O) groups is 1. The van der Waals surface area contributed by atoms with Gasteiger partial charge in [-0.2, -0.15) is 0 Å². The van der Waals surface area contributed by atoms with Crippen molar-refractivity contribution in [3.63, 3.8) is 0 Å². The van der Waals surface area contributed by atoms with Gasteiger partial charge in [0, 0.05) is 11.3 Å². The van der Waals surface area contributed by atoms with E-state index in [9.17, 15) is 9.59 Å². The Balaban J connectivity index is 1.69. The van der Waals surface area contributed by atoms with Crippen LogP contribution < -0.4 is 10.9 Å². The lowest BCUT2D eigenvalue weighted by Crippen LogP contribution is -2.23. The van der Waals surface area contributed by atoms with Crippen molar-refractivity contribution in [2.45, 2.75) is 36.6 Å². The largest absolute Gasteiger partial charge is 0.325 e. The van der Waals surface area contributed by atoms with Crippen molar-refractivity contribution >= 4 is 23.4 Å². The van der Waals surface area contributed by atoms with Gasteiger partial charge in [0.05, 0.1) is 10.9 Å². The molecule has 5 nitrogen and oxygen atoms in total. The lowest BCUT2D eigenvalue weighted by Gasteiger charge is -2.11. The van der Waals surface area contributed by atoms with Crippen molar-refractivity contribution in [2.24, 2.45) is 0 Å². The minimum Gasteiger partial charge on any atom is -0.325 e. The van der Waals surface area contributed by atoms with Gasteiger partial charge in [-0.25, -0.2) is 4.98 Å². The second-order valence-electron chi connectivity index (χ2n) is 5.27. The number of nitrogens with one attached hydrogen (secondary N) is 2. The van der Waals surface area contributed by atoms with Crippen LogP contribution in [0.5, 0.6) is 0 Å². The summed E-state index contributed by atoms with van der Waals surface area (Å²) in [5, 5.41) is 3.02. The summed E-state index contributed by atoms with van der Waals surface area (Å²) in [5.74, 6) is -0.112. The number of carbonyl (C=O) groups excluding carboxylic acids is 1. The van der Waals surface area contributed by atoms with E-state index in [1.165, 1.54) is 11.8 Å². The Hall–Kier alpha value is -2.08. The standard InChI is InChI=1S/C16H17N3O2S/c1-10(14(20)17-11-6-3-2-4-7-11)22-16-18-13-9-5-8-12(13)15(21)19-16/h2-4,6-7,10H,5,8-9H2,1H3,(H,17,20)(H,18,19,21). The summed E-state index contributed by atoms with van der Waals surface area (Å²) >= 11 is 1.27. The van der Waals surface area contributed by atoms with Crippen LogP contribution in [0.15, 0.2) is 40.3 Å². The number of benzene rings is 1. The molecule has 1 aliphatic rings. The number of hydrogen-bond acceptors (Lipinski definition) is 4. The number of nitrogens with zero attached hydrogens (tertiary/aromatic N) is 1. The number of thioether (sulfide) groups is 1. The zero-order chi connectivity index (χ0) is 15.5. The van der Waals surface area contributed by atoms with Gasteiger partial charge in [0.2, 0.25) is 5.91 Å². The number of fused-ring (bicyclic) bond motifs is 1. The second kappa shape index (κ2) is 6.36. The molecule has 114 valence electrons. The van der Waals surface area contributed by atoms with Crippen LogP contribution in [0.1, 0.15) is 24.6 Å². The van der Waals surface area contributed by atoms with Crippen molar-refractivity contribution < 1.29 is 4.79 Å². The van der Waals surface area contributed by atoms with Crippen molar-refractivity contribution in [2.75, 3.05) is 5.32 Å². The Labute approximate surface area is 132 Å². The quantitative estimate of drug-likeness (QED) is 0.671. The third-order valence-corrected chi connectivity index (χ3v) is 4.60. The van der Waals surface area contributed by atoms with Crippen LogP contribution in [0.3, 0.4) is 0 Å². The molecule has 0 saturated heterocycles. The number of amides is 1. The average Bonchev–Trinajstić information content (AvgIpc) is 2.97. The molecule has 0 saturated carbocycles. The van der Waals surface area contributed by atoms with E-state index < -0.39 is 0 Å². The third-order valence-electron chi connectivity index (χ3n) is 3.62.